The quantitative estimate of drug-likeness (QED) is 0.609. The third-order valence-corrected chi connectivity index (χ3v) is 4.65. The van der Waals surface area contributed by atoms with Crippen LogP contribution in [0.4, 0.5) is 0 Å². The van der Waals surface area contributed by atoms with Crippen LogP contribution in [0.25, 0.3) is 0 Å². The van der Waals surface area contributed by atoms with E-state index in [4.69, 9.17) is 12.2 Å². The Labute approximate surface area is 161 Å². The molecule has 26 heavy (non-hydrogen) atoms. The molecule has 3 aromatic rings. The molecule has 0 saturated carbocycles. The van der Waals surface area contributed by atoms with E-state index < -0.39 is 0 Å². The molecule has 0 aliphatic rings. The fourth-order valence-corrected chi connectivity index (χ4v) is 3.11. The van der Waals surface area contributed by atoms with Crippen molar-refractivity contribution in [2.24, 2.45) is 0 Å². The predicted molar refractivity (Wildman–Crippen MR) is 113 cm³/mol. The van der Waals surface area contributed by atoms with Crippen molar-refractivity contribution >= 4 is 17.3 Å². The topological polar surface area (TPSA) is 15.3 Å². The molecule has 0 aromatic heterocycles. The van der Waals surface area contributed by atoms with Crippen LogP contribution in [0.15, 0.2) is 91.0 Å². The second kappa shape index (κ2) is 9.73. The number of thiocarbonyl (C=S) groups is 1. The lowest BCUT2D eigenvalue weighted by Gasteiger charge is -2.26. The highest BCUT2D eigenvalue weighted by molar-refractivity contribution is 7.80. The van der Waals surface area contributed by atoms with E-state index in [1.165, 1.54) is 16.7 Å². The molecule has 3 aromatic carbocycles. The molecule has 0 heterocycles. The van der Waals surface area contributed by atoms with Gasteiger partial charge in [0.2, 0.25) is 0 Å². The number of benzene rings is 3. The number of nitrogens with one attached hydrogen (secondary N) is 1. The summed E-state index contributed by atoms with van der Waals surface area (Å²) in [6.07, 6.45) is 0.964. The lowest BCUT2D eigenvalue weighted by Crippen LogP contribution is -2.39. The van der Waals surface area contributed by atoms with Crippen LogP contribution >= 0.6 is 12.2 Å². The van der Waals surface area contributed by atoms with E-state index in [1.807, 2.05) is 18.2 Å². The Bertz CT molecular complexity index is 747. The molecule has 132 valence electrons. The summed E-state index contributed by atoms with van der Waals surface area (Å²) in [5.74, 6) is 0. The summed E-state index contributed by atoms with van der Waals surface area (Å²) in [6.45, 7) is 2.43. The number of hydrogen-bond donors (Lipinski definition) is 1. The van der Waals surface area contributed by atoms with Crippen LogP contribution in [-0.2, 0) is 19.5 Å². The van der Waals surface area contributed by atoms with Crippen molar-refractivity contribution in [3.05, 3.63) is 108 Å². The summed E-state index contributed by atoms with van der Waals surface area (Å²) in [4.78, 5) is 2.23. The average Bonchev–Trinajstić information content (AvgIpc) is 2.70. The minimum absolute atomic E-state index is 0.799. The van der Waals surface area contributed by atoms with Gasteiger partial charge in [-0.25, -0.2) is 0 Å². The van der Waals surface area contributed by atoms with Gasteiger partial charge in [0.25, 0.3) is 0 Å². The van der Waals surface area contributed by atoms with E-state index in [1.54, 1.807) is 0 Å². The van der Waals surface area contributed by atoms with Gasteiger partial charge in [-0.15, -0.1) is 0 Å². The van der Waals surface area contributed by atoms with Gasteiger partial charge in [0, 0.05) is 19.6 Å². The molecular formula is C23H24N2S. The first-order chi connectivity index (χ1) is 12.8. The maximum atomic E-state index is 5.70. The van der Waals surface area contributed by atoms with Crippen molar-refractivity contribution in [1.29, 1.82) is 0 Å². The zero-order valence-corrected chi connectivity index (χ0v) is 15.7. The Hall–Kier alpha value is -2.65. The monoisotopic (exact) mass is 360 g/mol. The van der Waals surface area contributed by atoms with Gasteiger partial charge in [-0.3, -0.25) is 0 Å². The maximum absolute atomic E-state index is 5.70. The molecule has 3 rings (SSSR count). The second-order valence-electron chi connectivity index (χ2n) is 6.29. The molecule has 0 bridgehead atoms. The van der Waals surface area contributed by atoms with Crippen molar-refractivity contribution in [2.45, 2.75) is 19.5 Å². The standard InChI is InChI=1S/C23H24N2S/c26-23(24-17-16-20-10-4-1-5-11-20)25(18-21-12-6-2-7-13-21)19-22-14-8-3-9-15-22/h1-15H,16-19H2,(H,24,26). The van der Waals surface area contributed by atoms with Gasteiger partial charge < -0.3 is 10.2 Å². The van der Waals surface area contributed by atoms with E-state index in [2.05, 4.69) is 83.0 Å². The van der Waals surface area contributed by atoms with Gasteiger partial charge in [-0.05, 0) is 35.3 Å². The zero-order valence-electron chi connectivity index (χ0n) is 14.8. The Morgan fingerprint density at radius 1 is 0.654 bits per heavy atom. The predicted octanol–water partition coefficient (Wildman–Crippen LogP) is 4.81. The minimum atomic E-state index is 0.799. The average molecular weight is 361 g/mol. The Kier molecular flexibility index (Phi) is 6.80. The largest absolute Gasteiger partial charge is 0.362 e. The summed E-state index contributed by atoms with van der Waals surface area (Å²) in [5, 5.41) is 4.23. The molecule has 0 spiro atoms. The van der Waals surface area contributed by atoms with Crippen LogP contribution in [0.5, 0.6) is 0 Å². The van der Waals surface area contributed by atoms with E-state index in [-0.39, 0.29) is 0 Å². The zero-order chi connectivity index (χ0) is 18.0. The fraction of sp³-hybridized carbons (Fsp3) is 0.174. The molecule has 0 amide bonds. The van der Waals surface area contributed by atoms with E-state index >= 15 is 0 Å². The highest BCUT2D eigenvalue weighted by Gasteiger charge is 2.11. The van der Waals surface area contributed by atoms with Gasteiger partial charge in [-0.1, -0.05) is 91.0 Å². The number of hydrogen-bond acceptors (Lipinski definition) is 1. The van der Waals surface area contributed by atoms with Crippen molar-refractivity contribution in [2.75, 3.05) is 6.54 Å². The third-order valence-electron chi connectivity index (χ3n) is 4.25. The second-order valence-corrected chi connectivity index (χ2v) is 6.68. The smallest absolute Gasteiger partial charge is 0.169 e. The van der Waals surface area contributed by atoms with Gasteiger partial charge in [-0.2, -0.15) is 0 Å². The first-order valence-corrected chi connectivity index (χ1v) is 9.36. The molecule has 0 unspecified atom stereocenters. The van der Waals surface area contributed by atoms with Crippen LogP contribution < -0.4 is 5.32 Å². The van der Waals surface area contributed by atoms with Crippen LogP contribution in [0.1, 0.15) is 16.7 Å². The van der Waals surface area contributed by atoms with Crippen LogP contribution in [0.2, 0.25) is 0 Å². The maximum Gasteiger partial charge on any atom is 0.169 e. The number of nitrogens with zero attached hydrogens (tertiary/aromatic N) is 1. The molecular weight excluding hydrogens is 336 g/mol. The Balaban J connectivity index is 1.62. The molecule has 1 N–H and O–H groups in total. The van der Waals surface area contributed by atoms with E-state index in [0.717, 1.165) is 31.2 Å². The van der Waals surface area contributed by atoms with Crippen molar-refractivity contribution in [3.63, 3.8) is 0 Å². The van der Waals surface area contributed by atoms with Crippen LogP contribution in [0, 0.1) is 0 Å². The minimum Gasteiger partial charge on any atom is -0.362 e. The van der Waals surface area contributed by atoms with E-state index in [0.29, 0.717) is 0 Å². The first kappa shape index (κ1) is 18.2. The third kappa shape index (κ3) is 5.71. The molecule has 3 heteroatoms. The molecule has 2 nitrogen and oxygen atoms in total. The number of rotatable bonds is 7. The summed E-state index contributed by atoms with van der Waals surface area (Å²) >= 11 is 5.70. The Morgan fingerprint density at radius 3 is 1.54 bits per heavy atom. The van der Waals surface area contributed by atoms with Crippen LogP contribution in [0.3, 0.4) is 0 Å². The highest BCUT2D eigenvalue weighted by Crippen LogP contribution is 2.10. The van der Waals surface area contributed by atoms with Crippen LogP contribution in [-0.4, -0.2) is 16.6 Å². The lowest BCUT2D eigenvalue weighted by molar-refractivity contribution is 0.399. The van der Waals surface area contributed by atoms with Crippen molar-refractivity contribution in [3.8, 4) is 0 Å². The van der Waals surface area contributed by atoms with Gasteiger partial charge in [0.1, 0.15) is 0 Å². The normalized spacial score (nSPS) is 10.3. The molecule has 0 radical (unpaired) electrons. The SMILES string of the molecule is S=C(NCCc1ccccc1)N(Cc1ccccc1)Cc1ccccc1. The van der Waals surface area contributed by atoms with Gasteiger partial charge in [0.05, 0.1) is 0 Å². The molecule has 0 fully saturated rings. The molecule has 0 saturated heterocycles. The van der Waals surface area contributed by atoms with E-state index in [9.17, 15) is 0 Å². The Morgan fingerprint density at radius 2 is 1.08 bits per heavy atom. The highest BCUT2D eigenvalue weighted by atomic mass is 32.1. The van der Waals surface area contributed by atoms with Crippen molar-refractivity contribution in [1.82, 2.24) is 10.2 Å². The summed E-state index contributed by atoms with van der Waals surface area (Å²) in [7, 11) is 0. The molecule has 0 aliphatic heterocycles. The van der Waals surface area contributed by atoms with Crippen molar-refractivity contribution < 1.29 is 0 Å². The fourth-order valence-electron chi connectivity index (χ4n) is 2.88. The van der Waals surface area contributed by atoms with Gasteiger partial charge >= 0.3 is 0 Å². The summed E-state index contributed by atoms with van der Waals surface area (Å²) in [6, 6.07) is 31.4. The molecule has 0 aliphatic carbocycles. The lowest BCUT2D eigenvalue weighted by atomic mass is 10.1. The molecule has 0 atom stereocenters. The summed E-state index contributed by atoms with van der Waals surface area (Å²) in [5.41, 5.74) is 3.84. The first-order valence-electron chi connectivity index (χ1n) is 8.96. The summed E-state index contributed by atoms with van der Waals surface area (Å²) < 4.78 is 0. The van der Waals surface area contributed by atoms with Gasteiger partial charge in [0.15, 0.2) is 5.11 Å².